The minimum atomic E-state index is -0.502. The highest BCUT2D eigenvalue weighted by molar-refractivity contribution is 5.03. The average Bonchev–Trinajstić information content (AvgIpc) is 2.64. The van der Waals surface area contributed by atoms with E-state index in [1.807, 2.05) is 36.2 Å². The summed E-state index contributed by atoms with van der Waals surface area (Å²) in [4.78, 5) is 0. The van der Waals surface area contributed by atoms with Crippen LogP contribution in [0, 0.1) is 5.41 Å². The first kappa shape index (κ1) is 11.1. The topological polar surface area (TPSA) is 59.2 Å². The molecule has 0 amide bonds. The second-order valence-corrected chi connectivity index (χ2v) is 5.41. The van der Waals surface area contributed by atoms with Crippen molar-refractivity contribution in [3.8, 4) is 0 Å². The second-order valence-electron chi connectivity index (χ2n) is 5.41. The first-order valence-electron chi connectivity index (χ1n) is 5.35. The van der Waals surface area contributed by atoms with E-state index in [2.05, 4.69) is 41.6 Å². The lowest BCUT2D eigenvalue weighted by Gasteiger charge is -2.45. The van der Waals surface area contributed by atoms with E-state index in [-0.39, 0.29) is 11.5 Å². The molecule has 0 radical (unpaired) electrons. The molecule has 0 aromatic heterocycles. The average molecular weight is 225 g/mol. The summed E-state index contributed by atoms with van der Waals surface area (Å²) >= 11 is 0. The molecule has 2 heterocycles. The molecule has 0 aliphatic carbocycles. The Kier molecular flexibility index (Phi) is 2.12. The van der Waals surface area contributed by atoms with E-state index in [0.29, 0.717) is 0 Å². The lowest BCUT2D eigenvalue weighted by atomic mass is 9.82. The minimum absolute atomic E-state index is 0.00463. The quantitative estimate of drug-likeness (QED) is 0.628. The maximum Gasteiger partial charge on any atom is 0.265 e. The molecular weight excluding hydrogens is 206 g/mol. The van der Waals surface area contributed by atoms with E-state index in [1.165, 1.54) is 0 Å². The van der Waals surface area contributed by atoms with E-state index in [0.717, 1.165) is 0 Å². The molecule has 0 N–H and O–H groups in total. The van der Waals surface area contributed by atoms with Crippen LogP contribution >= 0.6 is 0 Å². The molecule has 2 aliphatic heterocycles. The molecule has 0 fully saturated rings. The Labute approximate surface area is 95.7 Å². The van der Waals surface area contributed by atoms with Gasteiger partial charge in [-0.25, -0.2) is 15.0 Å². The highest BCUT2D eigenvalue weighted by Crippen LogP contribution is 2.44. The number of hydrogen-bond donors (Lipinski definition) is 0. The van der Waals surface area contributed by atoms with Crippen LogP contribution in [-0.2, 0) is 0 Å². The summed E-state index contributed by atoms with van der Waals surface area (Å²) in [5.41, 5.74) is -0.00778. The molecule has 0 aromatic rings. The van der Waals surface area contributed by atoms with Gasteiger partial charge in [0.1, 0.15) is 6.04 Å². The molecule has 0 aromatic carbocycles. The molecule has 0 saturated heterocycles. The highest BCUT2D eigenvalue weighted by Gasteiger charge is 2.60. The fraction of sp³-hybridized carbons (Fsp3) is 1.00. The Hall–Kier alpha value is -1.40. The van der Waals surface area contributed by atoms with Crippen molar-refractivity contribution in [1.82, 2.24) is 15.0 Å². The Bertz CT molecular complexity index is 322. The van der Waals surface area contributed by atoms with E-state index in [9.17, 15) is 0 Å². The molecule has 1 atom stereocenters. The Morgan fingerprint density at radius 2 is 1.31 bits per heavy atom. The van der Waals surface area contributed by atoms with Crippen LogP contribution in [0.3, 0.4) is 0 Å². The van der Waals surface area contributed by atoms with Gasteiger partial charge in [-0.2, -0.15) is 5.11 Å². The van der Waals surface area contributed by atoms with Crippen molar-refractivity contribution in [2.24, 2.45) is 26.2 Å². The van der Waals surface area contributed by atoms with E-state index >= 15 is 0 Å². The van der Waals surface area contributed by atoms with Crippen molar-refractivity contribution in [2.45, 2.75) is 32.6 Å². The normalized spacial score (nSPS) is 27.6. The number of hydrogen-bond acceptors (Lipinski definition) is 7. The molecule has 7 nitrogen and oxygen atoms in total. The van der Waals surface area contributed by atoms with Gasteiger partial charge in [-0.05, 0) is 15.9 Å². The molecule has 2 rings (SSSR count). The summed E-state index contributed by atoms with van der Waals surface area (Å²) in [5, 5.41) is 22.2. The largest absolute Gasteiger partial charge is 0.265 e. The van der Waals surface area contributed by atoms with Gasteiger partial charge in [0, 0.05) is 21.1 Å². The zero-order valence-electron chi connectivity index (χ0n) is 10.7. The number of likely N-dealkylation sites (N-methyl/N-ethyl adjacent to an activating group) is 3. The molecular formula is C9H19N7. The summed E-state index contributed by atoms with van der Waals surface area (Å²) in [7, 11) is 5.70. The Balaban J connectivity index is 2.45. The number of rotatable bonds is 0. The van der Waals surface area contributed by atoms with E-state index in [1.54, 1.807) is 0 Å². The molecule has 90 valence electrons. The predicted octanol–water partition coefficient (Wildman–Crippen LogP) is 1.53. The van der Waals surface area contributed by atoms with Gasteiger partial charge in [-0.3, -0.25) is 0 Å². The fourth-order valence-electron chi connectivity index (χ4n) is 2.44. The van der Waals surface area contributed by atoms with Crippen molar-refractivity contribution in [2.75, 3.05) is 21.1 Å². The lowest BCUT2D eigenvalue weighted by Crippen LogP contribution is -2.66. The highest BCUT2D eigenvalue weighted by atomic mass is 15.9. The summed E-state index contributed by atoms with van der Waals surface area (Å²) in [6.07, 6.45) is 0. The first-order valence-corrected chi connectivity index (χ1v) is 5.35. The van der Waals surface area contributed by atoms with Crippen molar-refractivity contribution in [3.05, 3.63) is 0 Å². The second kappa shape index (κ2) is 3.05. The lowest BCUT2D eigenvalue weighted by molar-refractivity contribution is -0.119. The van der Waals surface area contributed by atoms with Gasteiger partial charge in [0.05, 0.1) is 0 Å². The molecule has 0 saturated carbocycles. The van der Waals surface area contributed by atoms with Gasteiger partial charge < -0.3 is 0 Å². The molecule has 0 bridgehead atoms. The maximum atomic E-state index is 4.37. The molecule has 1 spiro atoms. The minimum Gasteiger partial charge on any atom is -0.233 e. The van der Waals surface area contributed by atoms with Gasteiger partial charge in [-0.15, -0.1) is 0 Å². The summed E-state index contributed by atoms with van der Waals surface area (Å²) in [6.45, 7) is 6.45. The van der Waals surface area contributed by atoms with Crippen LogP contribution in [0.1, 0.15) is 20.8 Å². The standard InChI is InChI=1S/C9H19N7/c1-8(2,3)7-9(14(4)11-10-7)15(5)12-13-16(9)6/h7H,1-6H3/t7-/m0/s1. The van der Waals surface area contributed by atoms with Crippen molar-refractivity contribution in [1.29, 1.82) is 0 Å². The summed E-state index contributed by atoms with van der Waals surface area (Å²) in [5.74, 6) is -0.502. The maximum absolute atomic E-state index is 4.37. The molecule has 16 heavy (non-hydrogen) atoms. The summed E-state index contributed by atoms with van der Waals surface area (Å²) in [6, 6.07) is -0.00463. The van der Waals surface area contributed by atoms with Crippen LogP contribution < -0.4 is 0 Å². The molecule has 0 unspecified atom stereocenters. The van der Waals surface area contributed by atoms with Crippen LogP contribution in [0.2, 0.25) is 0 Å². The van der Waals surface area contributed by atoms with Crippen LogP contribution in [0.5, 0.6) is 0 Å². The van der Waals surface area contributed by atoms with Crippen molar-refractivity contribution < 1.29 is 0 Å². The van der Waals surface area contributed by atoms with Gasteiger partial charge in [-0.1, -0.05) is 26.0 Å². The first-order chi connectivity index (χ1) is 7.31. The fourth-order valence-corrected chi connectivity index (χ4v) is 2.44. The smallest absolute Gasteiger partial charge is 0.233 e. The van der Waals surface area contributed by atoms with Crippen molar-refractivity contribution in [3.63, 3.8) is 0 Å². The third-order valence-corrected chi connectivity index (χ3v) is 3.23. The van der Waals surface area contributed by atoms with Crippen LogP contribution in [0.25, 0.3) is 0 Å². The van der Waals surface area contributed by atoms with Crippen LogP contribution in [-0.4, -0.2) is 48.0 Å². The van der Waals surface area contributed by atoms with Crippen LogP contribution in [0.15, 0.2) is 20.8 Å². The van der Waals surface area contributed by atoms with Gasteiger partial charge in [0.15, 0.2) is 0 Å². The number of nitrogens with zero attached hydrogens (tertiary/aromatic N) is 7. The van der Waals surface area contributed by atoms with E-state index in [4.69, 9.17) is 0 Å². The molecule has 2 aliphatic rings. The van der Waals surface area contributed by atoms with Gasteiger partial charge >= 0.3 is 0 Å². The summed E-state index contributed by atoms with van der Waals surface area (Å²) < 4.78 is 0. The van der Waals surface area contributed by atoms with Gasteiger partial charge in [0.25, 0.3) is 5.79 Å². The van der Waals surface area contributed by atoms with Crippen LogP contribution in [0.4, 0.5) is 0 Å². The van der Waals surface area contributed by atoms with E-state index < -0.39 is 5.79 Å². The monoisotopic (exact) mass is 225 g/mol. The third-order valence-electron chi connectivity index (χ3n) is 3.23. The zero-order valence-corrected chi connectivity index (χ0v) is 10.7. The molecule has 7 heteroatoms. The Morgan fingerprint density at radius 1 is 0.875 bits per heavy atom. The van der Waals surface area contributed by atoms with Gasteiger partial charge in [0.2, 0.25) is 0 Å². The van der Waals surface area contributed by atoms with Crippen molar-refractivity contribution >= 4 is 0 Å². The zero-order chi connectivity index (χ0) is 12.1. The third kappa shape index (κ3) is 1.14. The predicted molar refractivity (Wildman–Crippen MR) is 59.0 cm³/mol. The SMILES string of the molecule is CN1N=N[C@@H](C(C)(C)C)C12N(C)N=NN2C. The Morgan fingerprint density at radius 3 is 1.75 bits per heavy atom.